The minimum Gasteiger partial charge on any atom is -0.369 e. The maximum Gasteiger partial charge on any atom is 0.254 e. The van der Waals surface area contributed by atoms with Gasteiger partial charge in [-0.3, -0.25) is 9.59 Å². The molecule has 2 aliphatic heterocycles. The third-order valence-corrected chi connectivity index (χ3v) is 5.91. The summed E-state index contributed by atoms with van der Waals surface area (Å²) in [5, 5.41) is 2.95. The van der Waals surface area contributed by atoms with Gasteiger partial charge in [0.15, 0.2) is 0 Å². The summed E-state index contributed by atoms with van der Waals surface area (Å²) >= 11 is 0. The highest BCUT2D eigenvalue weighted by Gasteiger charge is 2.29. The van der Waals surface area contributed by atoms with Crippen LogP contribution in [0.5, 0.6) is 0 Å². The van der Waals surface area contributed by atoms with Crippen molar-refractivity contribution in [3.63, 3.8) is 0 Å². The van der Waals surface area contributed by atoms with Crippen LogP contribution >= 0.6 is 0 Å². The lowest BCUT2D eigenvalue weighted by atomic mass is 10.0. The molecule has 0 radical (unpaired) electrons. The van der Waals surface area contributed by atoms with Crippen molar-refractivity contribution in [3.05, 3.63) is 65.0 Å². The predicted molar refractivity (Wildman–Crippen MR) is 114 cm³/mol. The summed E-state index contributed by atoms with van der Waals surface area (Å²) < 4.78 is 14.0. The van der Waals surface area contributed by atoms with E-state index in [9.17, 15) is 14.0 Å². The van der Waals surface area contributed by atoms with E-state index in [1.54, 1.807) is 17.0 Å². The van der Waals surface area contributed by atoms with Crippen LogP contribution in [-0.2, 0) is 11.3 Å². The van der Waals surface area contributed by atoms with Crippen LogP contribution in [0.15, 0.2) is 42.5 Å². The Hall–Kier alpha value is -2.93. The number of amides is 2. The first-order valence-corrected chi connectivity index (χ1v) is 10.3. The summed E-state index contributed by atoms with van der Waals surface area (Å²) in [6.45, 7) is 5.87. The molecule has 1 N–H and O–H groups in total. The van der Waals surface area contributed by atoms with Crippen LogP contribution < -0.4 is 10.2 Å². The quantitative estimate of drug-likeness (QED) is 0.823. The van der Waals surface area contributed by atoms with Crippen molar-refractivity contribution in [1.82, 2.24) is 15.1 Å². The number of halogens is 1. The molecule has 30 heavy (non-hydrogen) atoms. The molecule has 2 amide bonds. The van der Waals surface area contributed by atoms with Gasteiger partial charge in [-0.05, 0) is 43.8 Å². The van der Waals surface area contributed by atoms with Crippen LogP contribution in [0.25, 0.3) is 0 Å². The van der Waals surface area contributed by atoms with Crippen LogP contribution in [-0.4, -0.2) is 61.4 Å². The maximum absolute atomic E-state index is 14.0. The lowest BCUT2D eigenvalue weighted by Crippen LogP contribution is -2.45. The van der Waals surface area contributed by atoms with Crippen molar-refractivity contribution >= 4 is 17.5 Å². The number of piperazine rings is 1. The fourth-order valence-electron chi connectivity index (χ4n) is 4.19. The minimum atomic E-state index is -0.372. The van der Waals surface area contributed by atoms with Crippen molar-refractivity contribution in [2.45, 2.75) is 19.5 Å². The number of hydrogen-bond donors (Lipinski definition) is 1. The average molecular weight is 410 g/mol. The molecule has 2 aromatic carbocycles. The van der Waals surface area contributed by atoms with Crippen molar-refractivity contribution in [2.75, 3.05) is 44.7 Å². The Balaban J connectivity index is 1.44. The number of fused-ring (bicyclic) bond motifs is 1. The van der Waals surface area contributed by atoms with Gasteiger partial charge in [0, 0.05) is 49.5 Å². The Bertz CT molecular complexity index is 956. The first kappa shape index (κ1) is 20.3. The molecule has 0 aliphatic carbocycles. The Morgan fingerprint density at radius 2 is 1.87 bits per heavy atom. The molecule has 0 saturated carbocycles. The SMILES string of the molecule is CC(NC(=O)CN1Cc2ccccc2C1=O)c1cc(F)ccc1N1CCN(C)CC1. The summed E-state index contributed by atoms with van der Waals surface area (Å²) in [4.78, 5) is 31.2. The first-order chi connectivity index (χ1) is 14.4. The molecule has 1 saturated heterocycles. The molecule has 2 aliphatic rings. The largest absolute Gasteiger partial charge is 0.369 e. The van der Waals surface area contributed by atoms with Crippen molar-refractivity contribution < 1.29 is 14.0 Å². The molecule has 0 bridgehead atoms. The molecule has 2 heterocycles. The number of carbonyl (C=O) groups excluding carboxylic acids is 2. The number of likely N-dealkylation sites (N-methyl/N-ethyl adjacent to an activating group) is 1. The van der Waals surface area contributed by atoms with Gasteiger partial charge in [-0.1, -0.05) is 18.2 Å². The van der Waals surface area contributed by atoms with E-state index < -0.39 is 0 Å². The van der Waals surface area contributed by atoms with Crippen LogP contribution in [0.3, 0.4) is 0 Å². The van der Waals surface area contributed by atoms with E-state index in [1.807, 2.05) is 25.1 Å². The third-order valence-electron chi connectivity index (χ3n) is 5.91. The van der Waals surface area contributed by atoms with Gasteiger partial charge in [0.1, 0.15) is 12.4 Å². The van der Waals surface area contributed by atoms with E-state index >= 15 is 0 Å². The normalized spacial score (nSPS) is 17.8. The Morgan fingerprint density at radius 1 is 1.13 bits per heavy atom. The molecular formula is C23H27FN4O2. The Labute approximate surface area is 176 Å². The van der Waals surface area contributed by atoms with Gasteiger partial charge in [0.2, 0.25) is 5.91 Å². The zero-order chi connectivity index (χ0) is 21.3. The highest BCUT2D eigenvalue weighted by atomic mass is 19.1. The summed E-state index contributed by atoms with van der Waals surface area (Å²) in [7, 11) is 2.09. The fraction of sp³-hybridized carbons (Fsp3) is 0.391. The molecule has 1 atom stereocenters. The van der Waals surface area contributed by atoms with Crippen LogP contribution in [0.4, 0.5) is 10.1 Å². The number of rotatable bonds is 5. The molecule has 0 aromatic heterocycles. The second-order valence-corrected chi connectivity index (χ2v) is 8.10. The van der Waals surface area contributed by atoms with E-state index in [-0.39, 0.29) is 30.2 Å². The summed E-state index contributed by atoms with van der Waals surface area (Å²) in [6, 6.07) is 11.8. The summed E-state index contributed by atoms with van der Waals surface area (Å²) in [6.07, 6.45) is 0. The Kier molecular flexibility index (Phi) is 5.72. The lowest BCUT2D eigenvalue weighted by Gasteiger charge is -2.36. The van der Waals surface area contributed by atoms with Gasteiger partial charge in [-0.2, -0.15) is 0 Å². The topological polar surface area (TPSA) is 55.9 Å². The van der Waals surface area contributed by atoms with Gasteiger partial charge in [-0.15, -0.1) is 0 Å². The second-order valence-electron chi connectivity index (χ2n) is 8.10. The zero-order valence-electron chi connectivity index (χ0n) is 17.4. The van der Waals surface area contributed by atoms with Gasteiger partial charge >= 0.3 is 0 Å². The van der Waals surface area contributed by atoms with E-state index in [0.29, 0.717) is 12.1 Å². The summed E-state index contributed by atoms with van der Waals surface area (Å²) in [5.41, 5.74) is 3.29. The van der Waals surface area contributed by atoms with E-state index in [1.165, 1.54) is 12.1 Å². The molecule has 7 heteroatoms. The molecule has 158 valence electrons. The van der Waals surface area contributed by atoms with Crippen LogP contribution in [0.1, 0.15) is 34.5 Å². The minimum absolute atomic E-state index is 0.0169. The van der Waals surface area contributed by atoms with Crippen LogP contribution in [0, 0.1) is 5.82 Å². The third kappa shape index (κ3) is 4.16. The van der Waals surface area contributed by atoms with Crippen molar-refractivity contribution in [3.8, 4) is 0 Å². The lowest BCUT2D eigenvalue weighted by molar-refractivity contribution is -0.122. The van der Waals surface area contributed by atoms with E-state index in [4.69, 9.17) is 0 Å². The van der Waals surface area contributed by atoms with Crippen LogP contribution in [0.2, 0.25) is 0 Å². The molecule has 2 aromatic rings. The maximum atomic E-state index is 14.0. The second kappa shape index (κ2) is 8.44. The molecule has 1 fully saturated rings. The molecule has 1 unspecified atom stereocenters. The number of anilines is 1. The Morgan fingerprint density at radius 3 is 2.60 bits per heavy atom. The fourth-order valence-corrected chi connectivity index (χ4v) is 4.19. The molecule has 0 spiro atoms. The number of hydrogen-bond acceptors (Lipinski definition) is 4. The van der Waals surface area contributed by atoms with Gasteiger partial charge in [-0.25, -0.2) is 4.39 Å². The molecular weight excluding hydrogens is 383 g/mol. The first-order valence-electron chi connectivity index (χ1n) is 10.3. The number of carbonyl (C=O) groups is 2. The highest BCUT2D eigenvalue weighted by Crippen LogP contribution is 2.28. The standard InChI is InChI=1S/C23H27FN4O2/c1-16(20-13-18(24)7-8-21(20)27-11-9-26(2)10-12-27)25-22(29)15-28-14-17-5-3-4-6-19(17)23(28)30/h3-8,13,16H,9-12,14-15H2,1-2H3,(H,25,29). The summed E-state index contributed by atoms with van der Waals surface area (Å²) in [5.74, 6) is -0.705. The van der Waals surface area contributed by atoms with Crippen molar-refractivity contribution in [2.24, 2.45) is 0 Å². The molecule has 4 rings (SSSR count). The predicted octanol–water partition coefficient (Wildman–Crippen LogP) is 2.41. The van der Waals surface area contributed by atoms with Gasteiger partial charge in [0.25, 0.3) is 5.91 Å². The average Bonchev–Trinajstić information content (AvgIpc) is 3.04. The zero-order valence-corrected chi connectivity index (χ0v) is 17.4. The number of nitrogens with zero attached hydrogens (tertiary/aromatic N) is 3. The smallest absolute Gasteiger partial charge is 0.254 e. The van der Waals surface area contributed by atoms with Gasteiger partial charge < -0.3 is 20.0 Å². The van der Waals surface area contributed by atoms with Gasteiger partial charge in [0.05, 0.1) is 6.04 Å². The number of benzene rings is 2. The van der Waals surface area contributed by atoms with E-state index in [2.05, 4.69) is 22.2 Å². The monoisotopic (exact) mass is 410 g/mol. The van der Waals surface area contributed by atoms with E-state index in [0.717, 1.165) is 43.0 Å². The number of nitrogens with one attached hydrogen (secondary N) is 1. The highest BCUT2D eigenvalue weighted by molar-refractivity contribution is 6.00. The molecule has 6 nitrogen and oxygen atoms in total. The van der Waals surface area contributed by atoms with Crippen molar-refractivity contribution in [1.29, 1.82) is 0 Å².